The normalized spacial score (nSPS) is 13.0. The van der Waals surface area contributed by atoms with Gasteiger partial charge in [-0.05, 0) is 57.9 Å². The van der Waals surface area contributed by atoms with Crippen LogP contribution in [0.3, 0.4) is 0 Å². The molecule has 0 aromatic heterocycles. The van der Waals surface area contributed by atoms with Gasteiger partial charge in [0.15, 0.2) is 11.1 Å². The third kappa shape index (κ3) is 4.11. The van der Waals surface area contributed by atoms with Crippen molar-refractivity contribution in [1.82, 2.24) is 0 Å². The van der Waals surface area contributed by atoms with Gasteiger partial charge in [0.2, 0.25) is 0 Å². The van der Waals surface area contributed by atoms with E-state index in [1.807, 2.05) is 0 Å². The number of fused-ring (bicyclic) bond motifs is 2. The molecule has 0 radical (unpaired) electrons. The summed E-state index contributed by atoms with van der Waals surface area (Å²) in [7, 11) is 1.18. The predicted octanol–water partition coefficient (Wildman–Crippen LogP) is 6.51. The number of hydrogen-bond acceptors (Lipinski definition) is 3. The van der Waals surface area contributed by atoms with E-state index in [0.29, 0.717) is 16.2 Å². The molecule has 0 heterocycles. The van der Waals surface area contributed by atoms with Crippen LogP contribution in [0.4, 0.5) is 22.0 Å². The number of hydrogen-bond donors (Lipinski definition) is 0. The first kappa shape index (κ1) is 21.2. The zero-order chi connectivity index (χ0) is 22.3. The Hall–Kier alpha value is -3.04. The summed E-state index contributed by atoms with van der Waals surface area (Å²) in [5.74, 6) is -1.70. The van der Waals surface area contributed by atoms with Crippen LogP contribution in [0, 0.1) is 11.6 Å². The average Bonchev–Trinajstić information content (AvgIpc) is 2.71. The van der Waals surface area contributed by atoms with Gasteiger partial charge in [-0.25, -0.2) is 13.0 Å². The zero-order valence-electron chi connectivity index (χ0n) is 15.8. The van der Waals surface area contributed by atoms with Crippen molar-refractivity contribution < 1.29 is 35.1 Å². The zero-order valence-corrected chi connectivity index (χ0v) is 16.6. The van der Waals surface area contributed by atoms with E-state index in [4.69, 9.17) is 4.18 Å². The fraction of sp³-hybridized carbons (Fsp3) is 0.0909. The summed E-state index contributed by atoms with van der Waals surface area (Å²) in [5, 5.41) is 1.23. The third-order valence-electron chi connectivity index (χ3n) is 4.69. The van der Waals surface area contributed by atoms with Gasteiger partial charge in [0, 0.05) is 11.1 Å². The Kier molecular flexibility index (Phi) is 5.40. The second kappa shape index (κ2) is 7.90. The predicted molar refractivity (Wildman–Crippen MR) is 107 cm³/mol. The highest BCUT2D eigenvalue weighted by Crippen LogP contribution is 2.45. The first-order chi connectivity index (χ1) is 14.7. The van der Waals surface area contributed by atoms with Crippen LogP contribution in [0.2, 0.25) is 0 Å². The Morgan fingerprint density at radius 3 is 1.87 bits per heavy atom. The second-order valence-electron chi connectivity index (χ2n) is 6.56. The molecule has 4 rings (SSSR count). The van der Waals surface area contributed by atoms with Crippen molar-refractivity contribution in [2.75, 3.05) is 7.11 Å². The lowest BCUT2D eigenvalue weighted by atomic mass is 9.93. The number of ether oxygens (including phenoxy) is 1. The van der Waals surface area contributed by atoms with Gasteiger partial charge >= 0.3 is 6.36 Å². The number of rotatable bonds is 4. The molecule has 0 bridgehead atoms. The fourth-order valence-electron chi connectivity index (χ4n) is 3.52. The largest absolute Gasteiger partial charge is 0.573 e. The molecule has 0 fully saturated rings. The van der Waals surface area contributed by atoms with Gasteiger partial charge in [0.1, 0.15) is 17.4 Å². The van der Waals surface area contributed by atoms with Gasteiger partial charge in [-0.15, -0.1) is 13.2 Å². The first-order valence-electron chi connectivity index (χ1n) is 8.85. The summed E-state index contributed by atoms with van der Waals surface area (Å²) in [6, 6.07) is 12.5. The number of benzene rings is 4. The number of alkyl halides is 3. The van der Waals surface area contributed by atoms with Crippen molar-refractivity contribution >= 4 is 32.6 Å². The summed E-state index contributed by atoms with van der Waals surface area (Å²) >= 11 is -2.05. The van der Waals surface area contributed by atoms with Crippen LogP contribution in [0.5, 0.6) is 5.75 Å². The molecule has 0 aliphatic rings. The minimum atomic E-state index is -5.01. The van der Waals surface area contributed by atoms with Crippen LogP contribution in [-0.4, -0.2) is 17.7 Å². The molecule has 3 nitrogen and oxygen atoms in total. The highest BCUT2D eigenvalue weighted by atomic mass is 32.2. The van der Waals surface area contributed by atoms with E-state index < -0.39 is 34.8 Å². The fourth-order valence-corrected chi connectivity index (χ4v) is 4.25. The molecule has 0 saturated carbocycles. The lowest BCUT2D eigenvalue weighted by Gasteiger charge is -2.19. The van der Waals surface area contributed by atoms with E-state index in [9.17, 15) is 26.2 Å². The molecule has 4 aromatic carbocycles. The summed E-state index contributed by atoms with van der Waals surface area (Å²) in [6.07, 6.45) is -5.01. The van der Waals surface area contributed by atoms with Gasteiger partial charge in [0.05, 0.1) is 12.0 Å². The molecule has 0 spiro atoms. The summed E-state index contributed by atoms with van der Waals surface area (Å²) in [4.78, 5) is 0.0606. The van der Waals surface area contributed by atoms with Gasteiger partial charge in [-0.3, -0.25) is 4.18 Å². The van der Waals surface area contributed by atoms with Gasteiger partial charge in [-0.2, -0.15) is 0 Å². The van der Waals surface area contributed by atoms with Crippen molar-refractivity contribution in [2.45, 2.75) is 11.3 Å². The van der Waals surface area contributed by atoms with Crippen molar-refractivity contribution in [1.29, 1.82) is 0 Å². The van der Waals surface area contributed by atoms with E-state index in [0.717, 1.165) is 24.3 Å². The third-order valence-corrected chi connectivity index (χ3v) is 5.70. The van der Waals surface area contributed by atoms with Crippen LogP contribution in [0.25, 0.3) is 32.7 Å². The molecule has 0 saturated heterocycles. The second-order valence-corrected chi connectivity index (χ2v) is 7.80. The SMILES string of the molecule is COS(=O)c1ccc2cc(F)ccc2c1-c1c(OC(F)(F)F)ccc2cc(F)ccc12. The smallest absolute Gasteiger partial charge is 0.405 e. The summed E-state index contributed by atoms with van der Waals surface area (Å²) < 4.78 is 88.9. The van der Waals surface area contributed by atoms with Gasteiger partial charge in [0.25, 0.3) is 0 Å². The van der Waals surface area contributed by atoms with Crippen molar-refractivity contribution in [3.8, 4) is 16.9 Å². The minimum absolute atomic E-state index is 0.0606. The van der Waals surface area contributed by atoms with E-state index in [2.05, 4.69) is 4.74 Å². The Morgan fingerprint density at radius 2 is 1.32 bits per heavy atom. The van der Waals surface area contributed by atoms with E-state index in [-0.39, 0.29) is 21.4 Å². The van der Waals surface area contributed by atoms with Crippen LogP contribution < -0.4 is 4.74 Å². The van der Waals surface area contributed by atoms with Gasteiger partial charge < -0.3 is 4.74 Å². The molecular weight excluding hydrogens is 439 g/mol. The molecule has 0 aliphatic carbocycles. The highest BCUT2D eigenvalue weighted by molar-refractivity contribution is 7.80. The molecule has 0 amide bonds. The highest BCUT2D eigenvalue weighted by Gasteiger charge is 2.33. The van der Waals surface area contributed by atoms with E-state index >= 15 is 0 Å². The van der Waals surface area contributed by atoms with Crippen LogP contribution in [0.15, 0.2) is 65.6 Å². The van der Waals surface area contributed by atoms with Crippen molar-refractivity contribution in [3.05, 3.63) is 72.3 Å². The maximum Gasteiger partial charge on any atom is 0.573 e. The lowest BCUT2D eigenvalue weighted by Crippen LogP contribution is -2.18. The molecular formula is C22H13F5O3S. The molecule has 0 N–H and O–H groups in total. The Labute approximate surface area is 175 Å². The molecule has 4 aromatic rings. The maximum absolute atomic E-state index is 13.8. The molecule has 160 valence electrons. The van der Waals surface area contributed by atoms with Crippen molar-refractivity contribution in [3.63, 3.8) is 0 Å². The van der Waals surface area contributed by atoms with Crippen molar-refractivity contribution in [2.24, 2.45) is 0 Å². The standard InChI is InChI=1S/C22H13F5O3S/c1-29-31(28)19-9-3-13-11-15(24)5-7-17(13)21(19)20-16-6-4-14(23)10-12(16)2-8-18(20)30-22(25,26)27/h2-11H,1H3. The Balaban J connectivity index is 2.19. The monoisotopic (exact) mass is 452 g/mol. The summed E-state index contributed by atoms with van der Waals surface area (Å²) in [5.41, 5.74) is 0.0431. The maximum atomic E-state index is 13.8. The van der Waals surface area contributed by atoms with E-state index in [1.165, 1.54) is 43.5 Å². The van der Waals surface area contributed by atoms with Crippen LogP contribution in [-0.2, 0) is 15.3 Å². The Morgan fingerprint density at radius 1 is 0.774 bits per heavy atom. The van der Waals surface area contributed by atoms with E-state index in [1.54, 1.807) is 0 Å². The molecule has 9 heteroatoms. The first-order valence-corrected chi connectivity index (χ1v) is 9.92. The average molecular weight is 452 g/mol. The quantitative estimate of drug-likeness (QED) is 0.332. The molecule has 0 aliphatic heterocycles. The molecule has 31 heavy (non-hydrogen) atoms. The van der Waals surface area contributed by atoms with Crippen LogP contribution in [0.1, 0.15) is 0 Å². The Bertz CT molecular complexity index is 1330. The topological polar surface area (TPSA) is 35.5 Å². The lowest BCUT2D eigenvalue weighted by molar-refractivity contribution is -0.274. The van der Waals surface area contributed by atoms with Gasteiger partial charge in [-0.1, -0.05) is 24.3 Å². The minimum Gasteiger partial charge on any atom is -0.405 e. The summed E-state index contributed by atoms with van der Waals surface area (Å²) in [6.45, 7) is 0. The molecule has 1 unspecified atom stereocenters. The molecule has 1 atom stereocenters. The number of halogens is 5. The van der Waals surface area contributed by atoms with Crippen LogP contribution >= 0.6 is 0 Å².